The Morgan fingerprint density at radius 3 is 2.65 bits per heavy atom. The molecule has 2 heterocycles. The number of rotatable bonds is 4. The monoisotopic (exact) mass is 374 g/mol. The molecule has 3 nitrogen and oxygen atoms in total. The summed E-state index contributed by atoms with van der Waals surface area (Å²) in [4.78, 5) is 13.6. The number of carbonyl (C=O) groups is 1. The number of hydrogen-bond acceptors (Lipinski definition) is 4. The van der Waals surface area contributed by atoms with Crippen LogP contribution in [-0.2, 0) is 12.0 Å². The first-order chi connectivity index (χ1) is 9.29. The van der Waals surface area contributed by atoms with Gasteiger partial charge >= 0.3 is 5.97 Å². The minimum Gasteiger partial charge on any atom is -0.486 e. The second-order valence-electron chi connectivity index (χ2n) is 5.34. The lowest BCUT2D eigenvalue weighted by molar-refractivity contribution is 0.0697. The van der Waals surface area contributed by atoms with Gasteiger partial charge in [0.1, 0.15) is 12.4 Å². The van der Waals surface area contributed by atoms with Crippen LogP contribution in [0.4, 0.5) is 0 Å². The molecule has 0 aliphatic carbocycles. The number of halogens is 1. The molecule has 0 aromatic carbocycles. The molecule has 2 aromatic heterocycles. The number of hydrogen-bond donors (Lipinski definition) is 1. The maximum absolute atomic E-state index is 11.3. The lowest BCUT2D eigenvalue weighted by Gasteiger charge is -2.14. The van der Waals surface area contributed by atoms with Crippen molar-refractivity contribution in [3.8, 4) is 5.75 Å². The Labute approximate surface area is 134 Å². The van der Waals surface area contributed by atoms with E-state index in [0.29, 0.717) is 12.4 Å². The van der Waals surface area contributed by atoms with Crippen molar-refractivity contribution in [1.82, 2.24) is 0 Å². The van der Waals surface area contributed by atoms with Crippen LogP contribution in [0, 0.1) is 0 Å². The van der Waals surface area contributed by atoms with Crippen LogP contribution in [0.2, 0.25) is 0 Å². The number of aromatic carboxylic acids is 1. The molecule has 1 N–H and O–H groups in total. The van der Waals surface area contributed by atoms with E-state index in [1.807, 2.05) is 17.5 Å². The Morgan fingerprint density at radius 2 is 2.15 bits per heavy atom. The maximum Gasteiger partial charge on any atom is 0.349 e. The third-order valence-corrected chi connectivity index (χ3v) is 6.11. The summed E-state index contributed by atoms with van der Waals surface area (Å²) < 4.78 is 6.70. The second kappa shape index (κ2) is 5.87. The number of carboxylic acid groups (broad SMARTS) is 1. The van der Waals surface area contributed by atoms with Crippen molar-refractivity contribution in [2.45, 2.75) is 32.8 Å². The highest BCUT2D eigenvalue weighted by Crippen LogP contribution is 2.37. The van der Waals surface area contributed by atoms with Crippen molar-refractivity contribution in [3.63, 3.8) is 0 Å². The molecule has 0 radical (unpaired) electrons. The smallest absolute Gasteiger partial charge is 0.349 e. The Kier molecular flexibility index (Phi) is 4.56. The summed E-state index contributed by atoms with van der Waals surface area (Å²) in [5, 5.41) is 11.2. The van der Waals surface area contributed by atoms with Gasteiger partial charge in [-0.05, 0) is 38.9 Å². The fourth-order valence-corrected chi connectivity index (χ4v) is 3.95. The van der Waals surface area contributed by atoms with Crippen molar-refractivity contribution < 1.29 is 14.6 Å². The van der Waals surface area contributed by atoms with E-state index in [2.05, 4.69) is 36.7 Å². The third kappa shape index (κ3) is 3.42. The van der Waals surface area contributed by atoms with E-state index in [1.165, 1.54) is 11.3 Å². The van der Waals surface area contributed by atoms with Gasteiger partial charge in [-0.25, -0.2) is 4.79 Å². The van der Waals surface area contributed by atoms with E-state index in [0.717, 1.165) is 14.2 Å². The van der Waals surface area contributed by atoms with Gasteiger partial charge in [-0.2, -0.15) is 0 Å². The molecule has 0 atom stereocenters. The number of carboxylic acids is 1. The summed E-state index contributed by atoms with van der Waals surface area (Å²) in [6.07, 6.45) is 0. The van der Waals surface area contributed by atoms with Crippen molar-refractivity contribution in [2.75, 3.05) is 0 Å². The average molecular weight is 375 g/mol. The zero-order valence-corrected chi connectivity index (χ0v) is 14.6. The highest BCUT2D eigenvalue weighted by atomic mass is 79.9. The molecular weight excluding hydrogens is 360 g/mol. The normalized spacial score (nSPS) is 11.6. The molecule has 2 rings (SSSR count). The molecular formula is C14H15BrO3S2. The van der Waals surface area contributed by atoms with Gasteiger partial charge in [-0.1, -0.05) is 20.8 Å². The number of ether oxygens (including phenoxy) is 1. The van der Waals surface area contributed by atoms with Gasteiger partial charge in [0.15, 0.2) is 4.88 Å². The first-order valence-electron chi connectivity index (χ1n) is 6.01. The van der Waals surface area contributed by atoms with E-state index >= 15 is 0 Å². The maximum atomic E-state index is 11.3. The highest BCUT2D eigenvalue weighted by Gasteiger charge is 2.23. The quantitative estimate of drug-likeness (QED) is 0.804. The Bertz CT molecular complexity index is 623. The SMILES string of the molecule is CC(C)(C)c1cc(OCc2sccc2Br)c(C(=O)O)s1. The van der Waals surface area contributed by atoms with Crippen LogP contribution in [0.15, 0.2) is 22.0 Å². The Hall–Kier alpha value is -0.850. The van der Waals surface area contributed by atoms with Crippen molar-refractivity contribution in [3.05, 3.63) is 36.6 Å². The first-order valence-corrected chi connectivity index (χ1v) is 8.50. The van der Waals surface area contributed by atoms with E-state index in [9.17, 15) is 9.90 Å². The topological polar surface area (TPSA) is 46.5 Å². The zero-order valence-electron chi connectivity index (χ0n) is 11.4. The van der Waals surface area contributed by atoms with Crippen molar-refractivity contribution >= 4 is 44.6 Å². The van der Waals surface area contributed by atoms with E-state index in [-0.39, 0.29) is 10.3 Å². The minimum absolute atomic E-state index is 0.0833. The van der Waals surface area contributed by atoms with Crippen LogP contribution in [0.3, 0.4) is 0 Å². The summed E-state index contributed by atoms with van der Waals surface area (Å²) in [6, 6.07) is 3.80. The molecule has 6 heteroatoms. The fourth-order valence-electron chi connectivity index (χ4n) is 1.57. The summed E-state index contributed by atoms with van der Waals surface area (Å²) in [6.45, 7) is 6.55. The molecule has 20 heavy (non-hydrogen) atoms. The molecule has 0 fully saturated rings. The molecule has 0 saturated carbocycles. The number of thiophene rings is 2. The fraction of sp³-hybridized carbons (Fsp3) is 0.357. The molecule has 108 valence electrons. The molecule has 2 aromatic rings. The van der Waals surface area contributed by atoms with Crippen LogP contribution in [0.25, 0.3) is 0 Å². The molecule has 0 spiro atoms. The van der Waals surface area contributed by atoms with Crippen LogP contribution in [-0.4, -0.2) is 11.1 Å². The van der Waals surface area contributed by atoms with Crippen LogP contribution in [0.5, 0.6) is 5.75 Å². The predicted molar refractivity (Wildman–Crippen MR) is 86.3 cm³/mol. The molecule has 0 aliphatic heterocycles. The third-order valence-electron chi connectivity index (χ3n) is 2.68. The van der Waals surface area contributed by atoms with Gasteiger partial charge in [0.05, 0.1) is 4.88 Å². The van der Waals surface area contributed by atoms with Gasteiger partial charge in [0.25, 0.3) is 0 Å². The lowest BCUT2D eigenvalue weighted by atomic mass is 9.95. The van der Waals surface area contributed by atoms with Gasteiger partial charge in [0.2, 0.25) is 0 Å². The van der Waals surface area contributed by atoms with Crippen molar-refractivity contribution in [2.24, 2.45) is 0 Å². The molecule has 0 saturated heterocycles. The molecule has 0 unspecified atom stereocenters. The van der Waals surface area contributed by atoms with Gasteiger partial charge in [-0.3, -0.25) is 0 Å². The Balaban J connectivity index is 2.24. The predicted octanol–water partition coefficient (Wildman–Crippen LogP) is 5.15. The van der Waals surface area contributed by atoms with Crippen LogP contribution < -0.4 is 4.74 Å². The molecule has 0 amide bonds. The lowest BCUT2D eigenvalue weighted by Crippen LogP contribution is -2.08. The average Bonchev–Trinajstić information content (AvgIpc) is 2.91. The van der Waals surface area contributed by atoms with Crippen LogP contribution >= 0.6 is 38.6 Å². The van der Waals surface area contributed by atoms with E-state index in [1.54, 1.807) is 11.3 Å². The summed E-state index contributed by atoms with van der Waals surface area (Å²) in [7, 11) is 0. The standard InChI is InChI=1S/C14H15BrO3S2/c1-14(2,3)11-6-9(12(20-11)13(16)17)18-7-10-8(15)4-5-19-10/h4-6H,7H2,1-3H3,(H,16,17). The molecule has 0 bridgehead atoms. The minimum atomic E-state index is -0.939. The Morgan fingerprint density at radius 1 is 1.45 bits per heavy atom. The largest absolute Gasteiger partial charge is 0.486 e. The molecule has 0 aliphatic rings. The zero-order chi connectivity index (χ0) is 14.9. The van der Waals surface area contributed by atoms with E-state index in [4.69, 9.17) is 4.74 Å². The summed E-state index contributed by atoms with van der Waals surface area (Å²) in [5.41, 5.74) is -0.0833. The van der Waals surface area contributed by atoms with E-state index < -0.39 is 5.97 Å². The van der Waals surface area contributed by atoms with Gasteiger partial charge in [-0.15, -0.1) is 22.7 Å². The highest BCUT2D eigenvalue weighted by molar-refractivity contribution is 9.10. The first kappa shape index (κ1) is 15.5. The summed E-state index contributed by atoms with van der Waals surface area (Å²) in [5.74, 6) is -0.488. The van der Waals surface area contributed by atoms with Crippen LogP contribution in [0.1, 0.15) is 40.2 Å². The van der Waals surface area contributed by atoms with Crippen molar-refractivity contribution in [1.29, 1.82) is 0 Å². The van der Waals surface area contributed by atoms with Gasteiger partial charge < -0.3 is 9.84 Å². The van der Waals surface area contributed by atoms with Gasteiger partial charge in [0, 0.05) is 9.35 Å². The summed E-state index contributed by atoms with van der Waals surface area (Å²) >= 11 is 6.30. The second-order valence-corrected chi connectivity index (χ2v) is 8.25.